The van der Waals surface area contributed by atoms with Crippen LogP contribution >= 0.6 is 0 Å². The van der Waals surface area contributed by atoms with Crippen molar-refractivity contribution in [2.75, 3.05) is 19.6 Å². The number of para-hydroxylation sites is 8. The van der Waals surface area contributed by atoms with E-state index < -0.39 is 11.1 Å². The van der Waals surface area contributed by atoms with Gasteiger partial charge in [-0.3, -0.25) is 0 Å². The molecule has 4 nitrogen and oxygen atoms in total. The van der Waals surface area contributed by atoms with Gasteiger partial charge in [-0.05, 0) is 172 Å². The fourth-order valence-corrected chi connectivity index (χ4v) is 12.8. The zero-order valence-corrected chi connectivity index (χ0v) is 42.5. The lowest BCUT2D eigenvalue weighted by molar-refractivity contribution is 0.518. The van der Waals surface area contributed by atoms with Crippen LogP contribution in [0.5, 0.6) is 0 Å². The summed E-state index contributed by atoms with van der Waals surface area (Å²) in [6, 6.07) is 111. The second-order valence-corrected chi connectivity index (χ2v) is 20.0. The van der Waals surface area contributed by atoms with Gasteiger partial charge in [0.2, 0.25) is 0 Å². The van der Waals surface area contributed by atoms with Crippen molar-refractivity contribution in [2.24, 2.45) is 0 Å². The number of benzene rings is 11. The van der Waals surface area contributed by atoms with Gasteiger partial charge >= 0.3 is 0 Å². The molecule has 4 heteroatoms. The summed E-state index contributed by atoms with van der Waals surface area (Å²) in [5.74, 6) is 0. The van der Waals surface area contributed by atoms with Gasteiger partial charge in [-0.15, -0.1) is 0 Å². The molecule has 1 unspecified atom stereocenters. The minimum Gasteiger partial charge on any atom is -0.314 e. The van der Waals surface area contributed by atoms with E-state index >= 15 is 0 Å². The van der Waals surface area contributed by atoms with E-state index in [9.17, 15) is 0 Å². The predicted molar refractivity (Wildman–Crippen MR) is 321 cm³/mol. The Labute approximate surface area is 451 Å². The highest BCUT2D eigenvalue weighted by Gasteiger charge is 2.57. The Balaban J connectivity index is 1.12. The van der Waals surface area contributed by atoms with Crippen molar-refractivity contribution >= 4 is 62.4 Å². The van der Waals surface area contributed by atoms with Gasteiger partial charge in [0.05, 0.1) is 5.41 Å². The molecule has 0 fully saturated rings. The number of anilines is 10. The van der Waals surface area contributed by atoms with Crippen molar-refractivity contribution in [1.82, 2.24) is 0 Å². The van der Waals surface area contributed by atoms with Crippen LogP contribution in [0.4, 0.5) is 56.9 Å². The van der Waals surface area contributed by atoms with E-state index in [2.05, 4.69) is 335 Å². The molecule has 0 aliphatic heterocycles. The third-order valence-corrected chi connectivity index (χ3v) is 15.8. The topological polar surface area (TPSA) is 13.0 Å². The highest BCUT2D eigenvalue weighted by molar-refractivity contribution is 6.03. The molecular formula is C73H54N4. The molecule has 1 spiro atoms. The molecule has 0 amide bonds. The van der Waals surface area contributed by atoms with Crippen LogP contribution in [0.25, 0.3) is 16.7 Å². The van der Waals surface area contributed by atoms with Gasteiger partial charge in [0.1, 0.15) is 5.66 Å². The summed E-state index contributed by atoms with van der Waals surface area (Å²) in [7, 11) is 0. The Morgan fingerprint density at radius 3 is 0.961 bits per heavy atom. The second-order valence-electron chi connectivity index (χ2n) is 20.0. The summed E-state index contributed by atoms with van der Waals surface area (Å²) in [5.41, 5.74) is 19.3. The minimum absolute atomic E-state index is 0.654. The number of allylic oxidation sites excluding steroid dienone is 2. The zero-order valence-electron chi connectivity index (χ0n) is 42.5. The maximum Gasteiger partial charge on any atom is 0.145 e. The fraction of sp³-hybridized carbons (Fsp3) is 0.0411. The first-order valence-electron chi connectivity index (χ1n) is 26.6. The molecular weight excluding hydrogens is 933 g/mol. The van der Waals surface area contributed by atoms with Crippen LogP contribution < -0.4 is 19.6 Å². The summed E-state index contributed by atoms with van der Waals surface area (Å²) in [4.78, 5) is 10.00. The number of rotatable bonds is 12. The highest BCUT2D eigenvalue weighted by atomic mass is 15.4. The van der Waals surface area contributed by atoms with E-state index in [-0.39, 0.29) is 0 Å². The van der Waals surface area contributed by atoms with Crippen LogP contribution in [0.2, 0.25) is 0 Å². The van der Waals surface area contributed by atoms with Gasteiger partial charge in [0.15, 0.2) is 0 Å². The SMILES string of the molecule is C1=C2C(=CC(N(c3ccccc3)c3ccccc3)(N(c3ccccc3)c3ccccc3)C1)C1(c3cc(N(c4ccccc4)c4ccccc4)ccc32)c2ccccc2-c2ccc(N(c3ccccc3)c3ccccc3)cc21. The average molecular weight is 987 g/mol. The summed E-state index contributed by atoms with van der Waals surface area (Å²) in [6.07, 6.45) is 5.90. The lowest BCUT2D eigenvalue weighted by atomic mass is 9.68. The molecule has 77 heavy (non-hydrogen) atoms. The highest BCUT2D eigenvalue weighted by Crippen LogP contribution is 2.67. The molecule has 11 aromatic carbocycles. The monoisotopic (exact) mass is 986 g/mol. The molecule has 0 N–H and O–H groups in total. The first-order valence-corrected chi connectivity index (χ1v) is 26.6. The van der Waals surface area contributed by atoms with Gasteiger partial charge in [-0.2, -0.15) is 0 Å². The number of fused-ring (bicyclic) bond motifs is 10. The van der Waals surface area contributed by atoms with E-state index in [1.54, 1.807) is 0 Å². The van der Waals surface area contributed by atoms with Crippen LogP contribution in [0.15, 0.2) is 321 Å². The molecule has 0 saturated heterocycles. The van der Waals surface area contributed by atoms with Crippen LogP contribution in [0, 0.1) is 0 Å². The van der Waals surface area contributed by atoms with Gasteiger partial charge in [0, 0.05) is 63.3 Å². The Bertz CT molecular complexity index is 3700. The van der Waals surface area contributed by atoms with Crippen molar-refractivity contribution in [3.63, 3.8) is 0 Å². The largest absolute Gasteiger partial charge is 0.314 e. The Morgan fingerprint density at radius 2 is 0.571 bits per heavy atom. The van der Waals surface area contributed by atoms with Crippen LogP contribution in [0.1, 0.15) is 28.7 Å². The lowest BCUT2D eigenvalue weighted by Crippen LogP contribution is -2.58. The smallest absolute Gasteiger partial charge is 0.145 e. The van der Waals surface area contributed by atoms with E-state index in [0.29, 0.717) is 6.42 Å². The van der Waals surface area contributed by atoms with E-state index in [4.69, 9.17) is 0 Å². The third kappa shape index (κ3) is 7.52. The van der Waals surface area contributed by atoms with E-state index in [1.807, 2.05) is 0 Å². The minimum atomic E-state index is -0.863. The second kappa shape index (κ2) is 19.1. The molecule has 3 aliphatic carbocycles. The molecule has 0 aromatic heterocycles. The molecule has 0 radical (unpaired) electrons. The third-order valence-electron chi connectivity index (χ3n) is 15.8. The normalized spacial score (nSPS) is 15.3. The van der Waals surface area contributed by atoms with Crippen molar-refractivity contribution in [1.29, 1.82) is 0 Å². The Hall–Kier alpha value is -9.90. The predicted octanol–water partition coefficient (Wildman–Crippen LogP) is 19.0. The maximum atomic E-state index is 2.68. The first-order chi connectivity index (χ1) is 38.2. The molecule has 0 bridgehead atoms. The molecule has 0 saturated carbocycles. The molecule has 1 atom stereocenters. The van der Waals surface area contributed by atoms with Gasteiger partial charge in [-0.25, -0.2) is 0 Å². The van der Waals surface area contributed by atoms with Gasteiger partial charge < -0.3 is 19.6 Å². The molecule has 3 aliphatic rings. The van der Waals surface area contributed by atoms with Crippen LogP contribution in [-0.2, 0) is 5.41 Å². The standard InChI is InChI=1S/C73H54N4/c1-9-27-54(28-10-1)74(55-29-11-2-12-30-55)62-45-47-65-64-43-25-26-44-68(64)73(69(65)51-62)70-52-63(75(56-31-13-3-14-32-56)57-33-15-4-16-34-57)46-48-66(70)67-49-50-72(53-71(67)73,76(58-35-17-5-18-36-58)59-37-19-6-20-38-59)77(60-39-21-7-22-40-60)61-41-23-8-24-42-61/h1-49,51-53H,50H2. The van der Waals surface area contributed by atoms with E-state index in [0.717, 1.165) is 56.9 Å². The van der Waals surface area contributed by atoms with Crippen molar-refractivity contribution in [3.8, 4) is 11.1 Å². The maximum absolute atomic E-state index is 2.68. The van der Waals surface area contributed by atoms with Crippen LogP contribution in [0.3, 0.4) is 0 Å². The zero-order chi connectivity index (χ0) is 51.2. The number of hydrogen-bond donors (Lipinski definition) is 0. The van der Waals surface area contributed by atoms with Gasteiger partial charge in [0.25, 0.3) is 0 Å². The molecule has 0 heterocycles. The average Bonchev–Trinajstić information content (AvgIpc) is 4.20. The summed E-state index contributed by atoms with van der Waals surface area (Å²) < 4.78 is 0. The van der Waals surface area contributed by atoms with Crippen molar-refractivity contribution < 1.29 is 0 Å². The van der Waals surface area contributed by atoms with Crippen molar-refractivity contribution in [2.45, 2.75) is 17.5 Å². The summed E-state index contributed by atoms with van der Waals surface area (Å²) >= 11 is 0. The quantitative estimate of drug-likeness (QED) is 0.113. The van der Waals surface area contributed by atoms with Crippen molar-refractivity contribution in [3.05, 3.63) is 343 Å². The lowest BCUT2D eigenvalue weighted by Gasteiger charge is -2.53. The first kappa shape index (κ1) is 45.7. The molecule has 11 aromatic rings. The fourth-order valence-electron chi connectivity index (χ4n) is 12.8. The Kier molecular flexibility index (Phi) is 11.3. The molecule has 366 valence electrons. The summed E-state index contributed by atoms with van der Waals surface area (Å²) in [6.45, 7) is 0. The molecule has 14 rings (SSSR count). The van der Waals surface area contributed by atoms with Gasteiger partial charge in [-0.1, -0.05) is 188 Å². The number of hydrogen-bond acceptors (Lipinski definition) is 4. The number of nitrogens with zero attached hydrogens (tertiary/aromatic N) is 4. The summed E-state index contributed by atoms with van der Waals surface area (Å²) in [5, 5.41) is 0. The Morgan fingerprint density at radius 1 is 0.260 bits per heavy atom. The van der Waals surface area contributed by atoms with Crippen LogP contribution in [-0.4, -0.2) is 5.66 Å². The van der Waals surface area contributed by atoms with E-state index in [1.165, 1.54) is 44.5 Å².